The quantitative estimate of drug-likeness (QED) is 0.563. The molecule has 0 bridgehead atoms. The first kappa shape index (κ1) is 11.2. The number of nitrogens with zero attached hydrogens (tertiary/aromatic N) is 2. The lowest BCUT2D eigenvalue weighted by atomic mass is 10.2. The van der Waals surface area contributed by atoms with Gasteiger partial charge in [-0.25, -0.2) is 0 Å². The van der Waals surface area contributed by atoms with Crippen LogP contribution in [0.25, 0.3) is 0 Å². The van der Waals surface area contributed by atoms with Gasteiger partial charge in [-0.05, 0) is 13.0 Å². The number of nitro groups is 1. The number of benzene rings is 1. The van der Waals surface area contributed by atoms with Crippen molar-refractivity contribution in [1.82, 2.24) is 0 Å². The monoisotopic (exact) mass is 208 g/mol. The second kappa shape index (κ2) is 4.54. The highest BCUT2D eigenvalue weighted by atomic mass is 16.6. The standard InChI is InChI=1S/C10H12N2O3/c1-3-11(8(2)13)9-6-4-5-7-10(9)12(14)15/h4-7H,3H2,1-2H3. The van der Waals surface area contributed by atoms with Crippen LogP contribution in [-0.4, -0.2) is 17.4 Å². The van der Waals surface area contributed by atoms with Crippen LogP contribution in [0.5, 0.6) is 0 Å². The minimum Gasteiger partial charge on any atom is -0.307 e. The van der Waals surface area contributed by atoms with Gasteiger partial charge in [0.15, 0.2) is 0 Å². The van der Waals surface area contributed by atoms with Crippen LogP contribution in [0.3, 0.4) is 0 Å². The maximum atomic E-state index is 11.3. The molecule has 0 saturated carbocycles. The van der Waals surface area contributed by atoms with Crippen LogP contribution in [0.4, 0.5) is 11.4 Å². The van der Waals surface area contributed by atoms with Gasteiger partial charge in [-0.1, -0.05) is 12.1 Å². The Morgan fingerprint density at radius 2 is 2.07 bits per heavy atom. The molecule has 0 spiro atoms. The van der Waals surface area contributed by atoms with Gasteiger partial charge in [-0.2, -0.15) is 0 Å². The van der Waals surface area contributed by atoms with E-state index in [4.69, 9.17) is 0 Å². The summed E-state index contributed by atoms with van der Waals surface area (Å²) >= 11 is 0. The van der Waals surface area contributed by atoms with Crippen molar-refractivity contribution < 1.29 is 9.72 Å². The summed E-state index contributed by atoms with van der Waals surface area (Å²) in [6.07, 6.45) is 0. The molecule has 0 fully saturated rings. The lowest BCUT2D eigenvalue weighted by molar-refractivity contribution is -0.384. The Morgan fingerprint density at radius 1 is 1.47 bits per heavy atom. The van der Waals surface area contributed by atoms with E-state index in [0.29, 0.717) is 12.2 Å². The minimum absolute atomic E-state index is 0.0467. The van der Waals surface area contributed by atoms with E-state index in [2.05, 4.69) is 0 Å². The molecule has 1 rings (SSSR count). The van der Waals surface area contributed by atoms with Crippen molar-refractivity contribution in [3.05, 3.63) is 34.4 Å². The number of carbonyl (C=O) groups is 1. The van der Waals surface area contributed by atoms with Crippen LogP contribution < -0.4 is 4.90 Å². The lowest BCUT2D eigenvalue weighted by Gasteiger charge is -2.18. The van der Waals surface area contributed by atoms with E-state index in [1.807, 2.05) is 0 Å². The summed E-state index contributed by atoms with van der Waals surface area (Å²) < 4.78 is 0. The summed E-state index contributed by atoms with van der Waals surface area (Å²) in [4.78, 5) is 22.9. The van der Waals surface area contributed by atoms with Crippen molar-refractivity contribution in [3.63, 3.8) is 0 Å². The van der Waals surface area contributed by atoms with E-state index >= 15 is 0 Å². The van der Waals surface area contributed by atoms with E-state index in [-0.39, 0.29) is 11.6 Å². The van der Waals surface area contributed by atoms with E-state index in [0.717, 1.165) is 0 Å². The summed E-state index contributed by atoms with van der Waals surface area (Å²) in [6.45, 7) is 3.58. The molecule has 0 radical (unpaired) electrons. The largest absolute Gasteiger partial charge is 0.307 e. The van der Waals surface area contributed by atoms with Gasteiger partial charge in [-0.15, -0.1) is 0 Å². The Morgan fingerprint density at radius 3 is 2.53 bits per heavy atom. The molecule has 0 atom stereocenters. The molecule has 0 aliphatic rings. The maximum absolute atomic E-state index is 11.3. The highest BCUT2D eigenvalue weighted by Crippen LogP contribution is 2.27. The number of anilines is 1. The Balaban J connectivity index is 3.22. The van der Waals surface area contributed by atoms with Gasteiger partial charge in [0, 0.05) is 19.5 Å². The Kier molecular flexibility index (Phi) is 3.38. The normalized spacial score (nSPS) is 9.73. The van der Waals surface area contributed by atoms with E-state index in [9.17, 15) is 14.9 Å². The number of hydrogen-bond acceptors (Lipinski definition) is 3. The Labute approximate surface area is 87.5 Å². The third kappa shape index (κ3) is 2.31. The summed E-state index contributed by atoms with van der Waals surface area (Å²) in [5.74, 6) is -0.202. The van der Waals surface area contributed by atoms with Gasteiger partial charge in [-0.3, -0.25) is 14.9 Å². The third-order valence-corrected chi connectivity index (χ3v) is 2.07. The Bertz CT molecular complexity index is 390. The predicted octanol–water partition coefficient (Wildman–Crippen LogP) is 1.97. The fraction of sp³-hybridized carbons (Fsp3) is 0.300. The lowest BCUT2D eigenvalue weighted by Crippen LogP contribution is -2.28. The Hall–Kier alpha value is -1.91. The molecule has 1 aromatic carbocycles. The molecule has 80 valence electrons. The highest BCUT2D eigenvalue weighted by molar-refractivity contribution is 5.93. The average molecular weight is 208 g/mol. The molecular formula is C10H12N2O3. The molecule has 15 heavy (non-hydrogen) atoms. The molecule has 1 aromatic rings. The van der Waals surface area contributed by atoms with Crippen LogP contribution in [0.15, 0.2) is 24.3 Å². The number of para-hydroxylation sites is 2. The van der Waals surface area contributed by atoms with E-state index in [1.165, 1.54) is 17.9 Å². The molecule has 0 heterocycles. The van der Waals surface area contributed by atoms with Crippen LogP contribution in [0.1, 0.15) is 13.8 Å². The summed E-state index contributed by atoms with van der Waals surface area (Å²) in [5.41, 5.74) is 0.298. The van der Waals surface area contributed by atoms with Crippen molar-refractivity contribution in [2.75, 3.05) is 11.4 Å². The van der Waals surface area contributed by atoms with Gasteiger partial charge in [0.1, 0.15) is 5.69 Å². The van der Waals surface area contributed by atoms with Crippen molar-refractivity contribution in [2.24, 2.45) is 0 Å². The predicted molar refractivity (Wildman–Crippen MR) is 56.8 cm³/mol. The molecule has 0 unspecified atom stereocenters. The van der Waals surface area contributed by atoms with Crippen molar-refractivity contribution in [2.45, 2.75) is 13.8 Å². The molecular weight excluding hydrogens is 196 g/mol. The molecule has 0 aliphatic heterocycles. The zero-order valence-electron chi connectivity index (χ0n) is 8.64. The second-order valence-corrected chi connectivity index (χ2v) is 3.01. The van der Waals surface area contributed by atoms with Crippen LogP contribution >= 0.6 is 0 Å². The van der Waals surface area contributed by atoms with Gasteiger partial charge in [0.2, 0.25) is 5.91 Å². The van der Waals surface area contributed by atoms with E-state index < -0.39 is 4.92 Å². The van der Waals surface area contributed by atoms with Crippen molar-refractivity contribution >= 4 is 17.3 Å². The number of hydrogen-bond donors (Lipinski definition) is 0. The SMILES string of the molecule is CCN(C(C)=O)c1ccccc1[N+](=O)[O-]. The first-order valence-electron chi connectivity index (χ1n) is 4.59. The topological polar surface area (TPSA) is 63.5 Å². The van der Waals surface area contributed by atoms with Gasteiger partial charge in [0.05, 0.1) is 4.92 Å². The summed E-state index contributed by atoms with van der Waals surface area (Å²) in [6, 6.07) is 6.22. The van der Waals surface area contributed by atoms with Crippen LogP contribution in [0, 0.1) is 10.1 Å². The van der Waals surface area contributed by atoms with Crippen molar-refractivity contribution in [1.29, 1.82) is 0 Å². The van der Waals surface area contributed by atoms with E-state index in [1.54, 1.807) is 25.1 Å². The zero-order valence-corrected chi connectivity index (χ0v) is 8.64. The van der Waals surface area contributed by atoms with Crippen LogP contribution in [0.2, 0.25) is 0 Å². The fourth-order valence-corrected chi connectivity index (χ4v) is 1.41. The van der Waals surface area contributed by atoms with Gasteiger partial charge in [0.25, 0.3) is 5.69 Å². The number of carbonyl (C=O) groups excluding carboxylic acids is 1. The second-order valence-electron chi connectivity index (χ2n) is 3.01. The van der Waals surface area contributed by atoms with Gasteiger partial charge < -0.3 is 4.90 Å². The number of nitro benzene ring substituents is 1. The van der Waals surface area contributed by atoms with Gasteiger partial charge >= 0.3 is 0 Å². The average Bonchev–Trinajstić information content (AvgIpc) is 2.18. The molecule has 0 N–H and O–H groups in total. The number of amides is 1. The smallest absolute Gasteiger partial charge is 0.292 e. The third-order valence-electron chi connectivity index (χ3n) is 2.07. The fourth-order valence-electron chi connectivity index (χ4n) is 1.41. The number of rotatable bonds is 3. The molecule has 0 aliphatic carbocycles. The highest BCUT2D eigenvalue weighted by Gasteiger charge is 2.19. The summed E-state index contributed by atoms with van der Waals surface area (Å²) in [7, 11) is 0. The zero-order chi connectivity index (χ0) is 11.4. The van der Waals surface area contributed by atoms with Crippen LogP contribution in [-0.2, 0) is 4.79 Å². The summed E-state index contributed by atoms with van der Waals surface area (Å²) in [5, 5.41) is 10.7. The molecule has 0 saturated heterocycles. The minimum atomic E-state index is -0.485. The molecule has 5 nitrogen and oxygen atoms in total. The first-order chi connectivity index (χ1) is 7.07. The first-order valence-corrected chi connectivity index (χ1v) is 4.59. The molecule has 0 aromatic heterocycles. The molecule has 5 heteroatoms. The van der Waals surface area contributed by atoms with Crippen molar-refractivity contribution in [3.8, 4) is 0 Å². The maximum Gasteiger partial charge on any atom is 0.292 e. The molecule has 1 amide bonds.